The number of amides is 4. The van der Waals surface area contributed by atoms with Crippen LogP contribution in [0.15, 0.2) is 42.5 Å². The number of imide groups is 1. The molecular formula is C35H48N6O6S. The predicted octanol–water partition coefficient (Wildman–Crippen LogP) is 3.31. The van der Waals surface area contributed by atoms with E-state index in [1.54, 1.807) is 25.1 Å². The fourth-order valence-electron chi connectivity index (χ4n) is 7.00. The average Bonchev–Trinajstić information content (AvgIpc) is 3.04. The van der Waals surface area contributed by atoms with Gasteiger partial charge in [-0.3, -0.25) is 24.5 Å². The fraction of sp³-hybridized carbons (Fsp3) is 0.543. The van der Waals surface area contributed by atoms with Gasteiger partial charge < -0.3 is 25.1 Å². The van der Waals surface area contributed by atoms with E-state index in [-0.39, 0.29) is 36.1 Å². The van der Waals surface area contributed by atoms with E-state index in [0.29, 0.717) is 61.6 Å². The van der Waals surface area contributed by atoms with E-state index in [2.05, 4.69) is 33.7 Å². The summed E-state index contributed by atoms with van der Waals surface area (Å²) in [5.41, 5.74) is 2.36. The molecule has 2 aromatic carbocycles. The zero-order chi connectivity index (χ0) is 34.6. The van der Waals surface area contributed by atoms with Crippen molar-refractivity contribution in [3.63, 3.8) is 0 Å². The van der Waals surface area contributed by atoms with Gasteiger partial charge in [-0.2, -0.15) is 0 Å². The third-order valence-corrected chi connectivity index (χ3v) is 11.7. The van der Waals surface area contributed by atoms with Crippen LogP contribution in [0.5, 0.6) is 0 Å². The fourth-order valence-corrected chi connectivity index (χ4v) is 8.60. The average molecular weight is 681 g/mol. The first-order valence-electron chi connectivity index (χ1n) is 16.7. The molecule has 5 rings (SSSR count). The zero-order valence-electron chi connectivity index (χ0n) is 28.4. The smallest absolute Gasteiger partial charge is 0.249 e. The van der Waals surface area contributed by atoms with Crippen LogP contribution in [0.1, 0.15) is 70.8 Å². The van der Waals surface area contributed by atoms with Crippen molar-refractivity contribution in [3.05, 3.63) is 48.0 Å². The summed E-state index contributed by atoms with van der Waals surface area (Å²) in [6, 6.07) is 12.6. The van der Waals surface area contributed by atoms with Gasteiger partial charge in [0.2, 0.25) is 24.1 Å². The Morgan fingerprint density at radius 2 is 1.81 bits per heavy atom. The van der Waals surface area contributed by atoms with E-state index >= 15 is 0 Å². The van der Waals surface area contributed by atoms with Crippen LogP contribution in [-0.4, -0.2) is 88.7 Å². The van der Waals surface area contributed by atoms with E-state index in [0.717, 1.165) is 37.1 Å². The topological polar surface area (TPSA) is 143 Å². The van der Waals surface area contributed by atoms with Gasteiger partial charge in [-0.1, -0.05) is 18.6 Å². The van der Waals surface area contributed by atoms with Gasteiger partial charge in [-0.15, -0.1) is 0 Å². The highest BCUT2D eigenvalue weighted by atomic mass is 32.2. The van der Waals surface area contributed by atoms with Crippen molar-refractivity contribution in [1.82, 2.24) is 9.62 Å². The van der Waals surface area contributed by atoms with E-state index in [4.69, 9.17) is 0 Å². The van der Waals surface area contributed by atoms with Crippen molar-refractivity contribution < 1.29 is 28.5 Å². The molecule has 3 fully saturated rings. The van der Waals surface area contributed by atoms with Crippen LogP contribution in [0.25, 0.3) is 0 Å². The molecular weight excluding hydrogens is 632 g/mol. The molecule has 3 aliphatic heterocycles. The van der Waals surface area contributed by atoms with Gasteiger partial charge in [0.25, 0.3) is 0 Å². The van der Waals surface area contributed by atoms with Gasteiger partial charge in [0.1, 0.15) is 6.04 Å². The standard InChI is InChI=1S/C35H48N6O6S/c1-34(2)14-5-6-17-41(34)48(47)23-25-8-7-9-26(20-25)36-32(44)22-35(46)15-18-40(19-16-35)27-10-11-28(30(21-27)38(3)24-42)39(4)29-12-13-31(43)37-33(29)45/h7-11,20-21,24,29,46H,5-6,12-19,22-23H2,1-4H3,(H,36,44)(H,37,43,45). The third kappa shape index (κ3) is 8.24. The molecule has 0 spiro atoms. The molecule has 12 nitrogen and oxygen atoms in total. The Labute approximate surface area is 285 Å². The molecule has 3 N–H and O–H groups in total. The predicted molar refractivity (Wildman–Crippen MR) is 188 cm³/mol. The van der Waals surface area contributed by atoms with Gasteiger partial charge in [-0.25, -0.2) is 8.51 Å². The Hall–Kier alpha value is -3.81. The number of carbonyl (C=O) groups is 4. The maximum absolute atomic E-state index is 13.2. The first-order valence-corrected chi connectivity index (χ1v) is 18.0. The summed E-state index contributed by atoms with van der Waals surface area (Å²) >= 11 is 0. The SMILES string of the molecule is CN(C=O)c1cc(N2CCC(O)(CC(=O)Nc3cccc(CS(=O)N4CCCCC4(C)C)c3)CC2)ccc1N(C)C1CCC(=O)NC1=O. The lowest BCUT2D eigenvalue weighted by Crippen LogP contribution is -2.51. The lowest BCUT2D eigenvalue weighted by atomic mass is 9.87. The summed E-state index contributed by atoms with van der Waals surface area (Å²) in [5, 5.41) is 16.7. The van der Waals surface area contributed by atoms with Crippen LogP contribution in [0.3, 0.4) is 0 Å². The number of hydrogen-bond acceptors (Lipinski definition) is 8. The van der Waals surface area contributed by atoms with E-state index < -0.39 is 22.6 Å². The molecule has 0 saturated carbocycles. The summed E-state index contributed by atoms with van der Waals surface area (Å²) in [5.74, 6) is -0.551. The van der Waals surface area contributed by atoms with Crippen LogP contribution in [-0.2, 0) is 35.9 Å². The van der Waals surface area contributed by atoms with Crippen LogP contribution < -0.4 is 25.3 Å². The Balaban J connectivity index is 1.18. The van der Waals surface area contributed by atoms with Gasteiger partial charge >= 0.3 is 0 Å². The monoisotopic (exact) mass is 680 g/mol. The quantitative estimate of drug-likeness (QED) is 0.243. The number of carbonyl (C=O) groups excluding carboxylic acids is 4. The number of benzene rings is 2. The van der Waals surface area contributed by atoms with Gasteiger partial charge in [0.15, 0.2) is 0 Å². The third-order valence-electron chi connectivity index (χ3n) is 9.93. The number of likely N-dealkylation sites (N-methyl/N-ethyl adjacent to an activating group) is 1. The largest absolute Gasteiger partial charge is 0.389 e. The number of piperidine rings is 3. The number of hydrogen-bond donors (Lipinski definition) is 3. The first-order chi connectivity index (χ1) is 22.8. The lowest BCUT2D eigenvalue weighted by Gasteiger charge is -2.41. The highest BCUT2D eigenvalue weighted by Crippen LogP contribution is 2.37. The van der Waals surface area contributed by atoms with Crippen molar-refractivity contribution in [1.29, 1.82) is 0 Å². The zero-order valence-corrected chi connectivity index (χ0v) is 29.2. The summed E-state index contributed by atoms with van der Waals surface area (Å²) in [4.78, 5) is 54.4. The highest BCUT2D eigenvalue weighted by molar-refractivity contribution is 7.81. The molecule has 48 heavy (non-hydrogen) atoms. The highest BCUT2D eigenvalue weighted by Gasteiger charge is 2.36. The van der Waals surface area contributed by atoms with Crippen LogP contribution >= 0.6 is 0 Å². The number of nitrogens with zero attached hydrogens (tertiary/aromatic N) is 4. The number of rotatable bonds is 11. The van der Waals surface area contributed by atoms with Crippen LogP contribution in [0.4, 0.5) is 22.7 Å². The maximum atomic E-state index is 13.2. The molecule has 2 aromatic rings. The molecule has 3 heterocycles. The second kappa shape index (κ2) is 14.8. The van der Waals surface area contributed by atoms with Gasteiger partial charge in [0.05, 0.1) is 40.1 Å². The van der Waals surface area contributed by atoms with Crippen molar-refractivity contribution in [3.8, 4) is 0 Å². The molecule has 0 radical (unpaired) electrons. The minimum Gasteiger partial charge on any atom is -0.389 e. The number of aliphatic hydroxyl groups is 1. The Kier molecular flexibility index (Phi) is 10.9. The molecule has 0 aromatic heterocycles. The van der Waals surface area contributed by atoms with Gasteiger partial charge in [0, 0.05) is 57.1 Å². The molecule has 4 amide bonds. The van der Waals surface area contributed by atoms with Crippen molar-refractivity contribution >= 4 is 57.9 Å². The van der Waals surface area contributed by atoms with Crippen molar-refractivity contribution in [2.45, 2.75) is 88.1 Å². The summed E-state index contributed by atoms with van der Waals surface area (Å²) in [7, 11) is 2.25. The van der Waals surface area contributed by atoms with E-state index in [1.807, 2.05) is 36.4 Å². The normalized spacial score (nSPS) is 21.6. The minimum absolute atomic E-state index is 0.0478. The first kappa shape index (κ1) is 35.5. The Morgan fingerprint density at radius 3 is 2.50 bits per heavy atom. The maximum Gasteiger partial charge on any atom is 0.249 e. The van der Waals surface area contributed by atoms with Crippen LogP contribution in [0.2, 0.25) is 0 Å². The molecule has 3 saturated heterocycles. The van der Waals surface area contributed by atoms with Crippen LogP contribution in [0, 0.1) is 0 Å². The minimum atomic E-state index is -1.17. The van der Waals surface area contributed by atoms with Crippen molar-refractivity contribution in [2.75, 3.05) is 53.7 Å². The molecule has 2 unspecified atom stereocenters. The molecule has 3 aliphatic rings. The Morgan fingerprint density at radius 1 is 1.06 bits per heavy atom. The van der Waals surface area contributed by atoms with Crippen molar-refractivity contribution in [2.24, 2.45) is 0 Å². The summed E-state index contributed by atoms with van der Waals surface area (Å²) in [6.07, 6.45) is 5.25. The molecule has 260 valence electrons. The van der Waals surface area contributed by atoms with Gasteiger partial charge in [-0.05, 0) is 81.8 Å². The number of nitrogens with one attached hydrogen (secondary N) is 2. The number of anilines is 4. The lowest BCUT2D eigenvalue weighted by molar-refractivity contribution is -0.134. The molecule has 0 bridgehead atoms. The molecule has 13 heteroatoms. The molecule has 0 aliphatic carbocycles. The van der Waals surface area contributed by atoms with E-state index in [9.17, 15) is 28.5 Å². The second-order valence-corrected chi connectivity index (χ2v) is 15.3. The second-order valence-electron chi connectivity index (χ2n) is 13.9. The summed E-state index contributed by atoms with van der Waals surface area (Å²) < 4.78 is 15.3. The van der Waals surface area contributed by atoms with E-state index in [1.165, 1.54) is 4.90 Å². The molecule has 2 atom stereocenters. The Bertz CT molecular complexity index is 1560. The summed E-state index contributed by atoms with van der Waals surface area (Å²) in [6.45, 7) is 6.10.